The zero-order valence-electron chi connectivity index (χ0n) is 11.1. The number of nitrogens with zero attached hydrogens (tertiary/aromatic N) is 4. The van der Waals surface area contributed by atoms with E-state index in [4.69, 9.17) is 11.6 Å². The fourth-order valence-electron chi connectivity index (χ4n) is 2.42. The molecule has 1 aliphatic heterocycles. The Bertz CT molecular complexity index is 360. The Hall–Kier alpha value is -0.870. The summed E-state index contributed by atoms with van der Waals surface area (Å²) in [5, 5.41) is 8.35. The summed E-state index contributed by atoms with van der Waals surface area (Å²) in [4.78, 5) is 4.74. The number of rotatable bonds is 4. The molecule has 0 N–H and O–H groups in total. The van der Waals surface area contributed by atoms with E-state index in [-0.39, 0.29) is 0 Å². The summed E-state index contributed by atoms with van der Waals surface area (Å²) in [6.07, 6.45) is 2.40. The van der Waals surface area contributed by atoms with E-state index in [1.165, 1.54) is 25.9 Å². The van der Waals surface area contributed by atoms with Gasteiger partial charge in [-0.15, -0.1) is 16.7 Å². The maximum absolute atomic E-state index is 5.72. The third kappa shape index (κ3) is 3.12. The number of hydrogen-bond acceptors (Lipinski definition) is 4. The molecule has 18 heavy (non-hydrogen) atoms. The highest BCUT2D eigenvalue weighted by Crippen LogP contribution is 2.20. The van der Waals surface area contributed by atoms with Crippen molar-refractivity contribution in [3.05, 3.63) is 17.8 Å². The first kappa shape index (κ1) is 13.6. The Morgan fingerprint density at radius 2 is 2.06 bits per heavy atom. The smallest absolute Gasteiger partial charge is 0.151 e. The molecule has 1 saturated heterocycles. The minimum atomic E-state index is 0.423. The summed E-state index contributed by atoms with van der Waals surface area (Å²) in [5.41, 5.74) is 0.828. The van der Waals surface area contributed by atoms with Gasteiger partial charge >= 0.3 is 0 Å². The summed E-state index contributed by atoms with van der Waals surface area (Å²) >= 11 is 5.72. The molecular weight excluding hydrogens is 248 g/mol. The lowest BCUT2D eigenvalue weighted by atomic mass is 10.0. The van der Waals surface area contributed by atoms with Crippen molar-refractivity contribution in [2.75, 3.05) is 31.6 Å². The Balaban J connectivity index is 1.96. The van der Waals surface area contributed by atoms with Crippen molar-refractivity contribution in [2.24, 2.45) is 0 Å². The van der Waals surface area contributed by atoms with Crippen LogP contribution in [0.5, 0.6) is 0 Å². The standard InChI is InChI=1S/C13H21ClN4/c1-3-18-8-6-12(7-9-18)17(2)13-5-4-11(10-14)15-16-13/h4-5,12H,3,6-10H2,1-2H3. The molecule has 1 aromatic rings. The van der Waals surface area contributed by atoms with Crippen LogP contribution in [-0.4, -0.2) is 47.8 Å². The second-order valence-electron chi connectivity index (χ2n) is 4.79. The zero-order valence-corrected chi connectivity index (χ0v) is 11.9. The predicted octanol–water partition coefficient (Wildman–Crippen LogP) is 2.14. The van der Waals surface area contributed by atoms with Gasteiger partial charge in [0.1, 0.15) is 0 Å². The number of hydrogen-bond donors (Lipinski definition) is 0. The van der Waals surface area contributed by atoms with Gasteiger partial charge in [0, 0.05) is 26.2 Å². The molecule has 0 bridgehead atoms. The summed E-state index contributed by atoms with van der Waals surface area (Å²) in [5.74, 6) is 1.37. The minimum Gasteiger partial charge on any atom is -0.355 e. The lowest BCUT2D eigenvalue weighted by Gasteiger charge is -2.36. The lowest BCUT2D eigenvalue weighted by Crippen LogP contribution is -2.43. The van der Waals surface area contributed by atoms with Crippen molar-refractivity contribution in [3.8, 4) is 0 Å². The van der Waals surface area contributed by atoms with Crippen LogP contribution in [0, 0.1) is 0 Å². The number of piperidine rings is 1. The van der Waals surface area contributed by atoms with E-state index in [0.29, 0.717) is 11.9 Å². The van der Waals surface area contributed by atoms with Crippen LogP contribution in [0.4, 0.5) is 5.82 Å². The molecule has 100 valence electrons. The van der Waals surface area contributed by atoms with Gasteiger partial charge in [-0.1, -0.05) is 6.92 Å². The van der Waals surface area contributed by atoms with Gasteiger partial charge in [0.2, 0.25) is 0 Å². The van der Waals surface area contributed by atoms with Crippen molar-refractivity contribution in [1.82, 2.24) is 15.1 Å². The molecule has 0 unspecified atom stereocenters. The normalized spacial score (nSPS) is 17.9. The van der Waals surface area contributed by atoms with Gasteiger partial charge in [-0.25, -0.2) is 0 Å². The molecule has 2 heterocycles. The van der Waals surface area contributed by atoms with Crippen LogP contribution in [0.25, 0.3) is 0 Å². The Morgan fingerprint density at radius 1 is 1.33 bits per heavy atom. The topological polar surface area (TPSA) is 32.3 Å². The molecule has 0 aromatic carbocycles. The molecule has 0 spiro atoms. The molecule has 0 radical (unpaired) electrons. The van der Waals surface area contributed by atoms with Gasteiger partial charge in [-0.2, -0.15) is 5.10 Å². The fourth-order valence-corrected chi connectivity index (χ4v) is 2.56. The number of alkyl halides is 1. The Morgan fingerprint density at radius 3 is 2.56 bits per heavy atom. The summed E-state index contributed by atoms with van der Waals surface area (Å²) in [7, 11) is 2.11. The molecule has 0 aliphatic carbocycles. The largest absolute Gasteiger partial charge is 0.355 e. The molecule has 2 rings (SSSR count). The first-order valence-corrected chi connectivity index (χ1v) is 7.11. The van der Waals surface area contributed by atoms with Gasteiger partial charge < -0.3 is 9.80 Å². The van der Waals surface area contributed by atoms with Gasteiger partial charge in [0.15, 0.2) is 5.82 Å². The SMILES string of the molecule is CCN1CCC(N(C)c2ccc(CCl)nn2)CC1. The Kier molecular flexibility index (Phi) is 4.78. The molecule has 0 atom stereocenters. The van der Waals surface area contributed by atoms with Crippen molar-refractivity contribution in [1.29, 1.82) is 0 Å². The van der Waals surface area contributed by atoms with E-state index in [1.807, 2.05) is 12.1 Å². The Labute approximate surface area is 114 Å². The predicted molar refractivity (Wildman–Crippen MR) is 75.1 cm³/mol. The van der Waals surface area contributed by atoms with Crippen LogP contribution >= 0.6 is 11.6 Å². The molecule has 0 saturated carbocycles. The summed E-state index contributed by atoms with van der Waals surface area (Å²) in [6, 6.07) is 4.54. The monoisotopic (exact) mass is 268 g/mol. The number of halogens is 1. The maximum atomic E-state index is 5.72. The van der Waals surface area contributed by atoms with Crippen molar-refractivity contribution in [2.45, 2.75) is 31.7 Å². The van der Waals surface area contributed by atoms with Crippen LogP contribution in [-0.2, 0) is 5.88 Å². The molecule has 1 aliphatic rings. The zero-order chi connectivity index (χ0) is 13.0. The molecule has 5 heteroatoms. The highest BCUT2D eigenvalue weighted by Gasteiger charge is 2.22. The third-order valence-corrected chi connectivity index (χ3v) is 4.03. The molecule has 1 fully saturated rings. The minimum absolute atomic E-state index is 0.423. The van der Waals surface area contributed by atoms with Gasteiger partial charge in [0.05, 0.1) is 11.6 Å². The quantitative estimate of drug-likeness (QED) is 0.783. The van der Waals surface area contributed by atoms with Crippen LogP contribution < -0.4 is 4.90 Å². The van der Waals surface area contributed by atoms with Crippen molar-refractivity contribution >= 4 is 17.4 Å². The van der Waals surface area contributed by atoms with Crippen LogP contribution in [0.1, 0.15) is 25.5 Å². The van der Waals surface area contributed by atoms with E-state index >= 15 is 0 Å². The fraction of sp³-hybridized carbons (Fsp3) is 0.692. The van der Waals surface area contributed by atoms with Crippen LogP contribution in [0.3, 0.4) is 0 Å². The van der Waals surface area contributed by atoms with Crippen LogP contribution in [0.2, 0.25) is 0 Å². The molecular formula is C13H21ClN4. The average Bonchev–Trinajstić information content (AvgIpc) is 2.47. The third-order valence-electron chi connectivity index (χ3n) is 3.76. The molecule has 0 amide bonds. The highest BCUT2D eigenvalue weighted by molar-refractivity contribution is 6.16. The van der Waals surface area contributed by atoms with E-state index in [1.54, 1.807) is 0 Å². The second kappa shape index (κ2) is 6.34. The average molecular weight is 269 g/mol. The van der Waals surface area contributed by atoms with E-state index in [9.17, 15) is 0 Å². The molecule has 1 aromatic heterocycles. The summed E-state index contributed by atoms with van der Waals surface area (Å²) in [6.45, 7) is 5.73. The summed E-state index contributed by atoms with van der Waals surface area (Å²) < 4.78 is 0. The van der Waals surface area contributed by atoms with Gasteiger partial charge in [-0.3, -0.25) is 0 Å². The first-order chi connectivity index (χ1) is 8.74. The van der Waals surface area contributed by atoms with Crippen molar-refractivity contribution < 1.29 is 0 Å². The van der Waals surface area contributed by atoms with E-state index in [0.717, 1.165) is 18.1 Å². The maximum Gasteiger partial charge on any atom is 0.151 e. The van der Waals surface area contributed by atoms with Gasteiger partial charge in [0.25, 0.3) is 0 Å². The first-order valence-electron chi connectivity index (χ1n) is 6.58. The van der Waals surface area contributed by atoms with Crippen LogP contribution in [0.15, 0.2) is 12.1 Å². The number of likely N-dealkylation sites (tertiary alicyclic amines) is 1. The highest BCUT2D eigenvalue weighted by atomic mass is 35.5. The van der Waals surface area contributed by atoms with Crippen molar-refractivity contribution in [3.63, 3.8) is 0 Å². The molecule has 4 nitrogen and oxygen atoms in total. The van der Waals surface area contributed by atoms with E-state index < -0.39 is 0 Å². The second-order valence-corrected chi connectivity index (χ2v) is 5.06. The lowest BCUT2D eigenvalue weighted by molar-refractivity contribution is 0.220. The number of aromatic nitrogens is 2. The number of anilines is 1. The van der Waals surface area contributed by atoms with Gasteiger partial charge in [-0.05, 0) is 31.5 Å². The van der Waals surface area contributed by atoms with E-state index in [2.05, 4.69) is 34.0 Å².